The largest absolute Gasteiger partial charge is 0.320 e. The van der Waals surface area contributed by atoms with Crippen LogP contribution in [0.2, 0.25) is 0 Å². The number of benzene rings is 2. The Balaban J connectivity index is 2.07. The van der Waals surface area contributed by atoms with Gasteiger partial charge in [0.2, 0.25) is 0 Å². The minimum absolute atomic E-state index is 0.175. The standard InChI is InChI=1S/C16H12Br2N2/c17-12-4-5-14(18)13(9-12)16(19)11-3-6-15-10(8-11)2-1-7-20-15/h1-9,16H,19H2. The van der Waals surface area contributed by atoms with Gasteiger partial charge in [0.25, 0.3) is 0 Å². The third-order valence-corrected chi connectivity index (χ3v) is 4.49. The summed E-state index contributed by atoms with van der Waals surface area (Å²) in [5, 5.41) is 1.10. The highest BCUT2D eigenvalue weighted by Crippen LogP contribution is 2.30. The molecule has 4 heteroatoms. The molecule has 100 valence electrons. The Kier molecular flexibility index (Phi) is 3.87. The SMILES string of the molecule is NC(c1ccc2ncccc2c1)c1cc(Br)ccc1Br. The lowest BCUT2D eigenvalue weighted by Crippen LogP contribution is -2.12. The first kappa shape index (κ1) is 13.7. The van der Waals surface area contributed by atoms with E-state index in [1.807, 2.05) is 36.4 Å². The van der Waals surface area contributed by atoms with E-state index < -0.39 is 0 Å². The first-order chi connectivity index (χ1) is 9.65. The summed E-state index contributed by atoms with van der Waals surface area (Å²) < 4.78 is 2.04. The van der Waals surface area contributed by atoms with Gasteiger partial charge in [0.15, 0.2) is 0 Å². The fourth-order valence-corrected chi connectivity index (χ4v) is 3.09. The van der Waals surface area contributed by atoms with E-state index in [9.17, 15) is 0 Å². The molecule has 0 spiro atoms. The number of rotatable bonds is 2. The number of nitrogens with two attached hydrogens (primary N) is 1. The fourth-order valence-electron chi connectivity index (χ4n) is 2.22. The lowest BCUT2D eigenvalue weighted by Gasteiger charge is -2.15. The molecule has 1 heterocycles. The minimum atomic E-state index is -0.175. The first-order valence-corrected chi connectivity index (χ1v) is 7.79. The van der Waals surface area contributed by atoms with Crippen molar-refractivity contribution in [3.8, 4) is 0 Å². The molecule has 0 aliphatic heterocycles. The maximum absolute atomic E-state index is 6.41. The van der Waals surface area contributed by atoms with Crippen molar-refractivity contribution in [2.75, 3.05) is 0 Å². The van der Waals surface area contributed by atoms with Crippen LogP contribution in [0.3, 0.4) is 0 Å². The highest BCUT2D eigenvalue weighted by atomic mass is 79.9. The average Bonchev–Trinajstić information content (AvgIpc) is 2.48. The maximum Gasteiger partial charge on any atom is 0.0702 e. The predicted molar refractivity (Wildman–Crippen MR) is 89.6 cm³/mol. The van der Waals surface area contributed by atoms with Gasteiger partial charge in [0.1, 0.15) is 0 Å². The van der Waals surface area contributed by atoms with E-state index in [-0.39, 0.29) is 6.04 Å². The Morgan fingerprint density at radius 3 is 2.70 bits per heavy atom. The van der Waals surface area contributed by atoms with Crippen molar-refractivity contribution in [3.63, 3.8) is 0 Å². The molecule has 1 unspecified atom stereocenters. The molecule has 0 saturated heterocycles. The number of nitrogens with zero attached hydrogens (tertiary/aromatic N) is 1. The summed E-state index contributed by atoms with van der Waals surface area (Å²) in [5.41, 5.74) is 9.52. The van der Waals surface area contributed by atoms with Gasteiger partial charge in [-0.05, 0) is 47.5 Å². The number of halogens is 2. The van der Waals surface area contributed by atoms with Gasteiger partial charge in [-0.1, -0.05) is 44.0 Å². The first-order valence-electron chi connectivity index (χ1n) is 6.20. The van der Waals surface area contributed by atoms with Crippen LogP contribution in [0.5, 0.6) is 0 Å². The second-order valence-electron chi connectivity index (χ2n) is 4.60. The molecule has 0 aliphatic carbocycles. The Labute approximate surface area is 134 Å². The average molecular weight is 392 g/mol. The zero-order valence-electron chi connectivity index (χ0n) is 10.6. The minimum Gasteiger partial charge on any atom is -0.320 e. The second-order valence-corrected chi connectivity index (χ2v) is 6.37. The monoisotopic (exact) mass is 390 g/mol. The number of aromatic nitrogens is 1. The van der Waals surface area contributed by atoms with Gasteiger partial charge >= 0.3 is 0 Å². The molecule has 1 atom stereocenters. The Morgan fingerprint density at radius 1 is 1.00 bits per heavy atom. The van der Waals surface area contributed by atoms with Crippen LogP contribution in [0.25, 0.3) is 10.9 Å². The summed E-state index contributed by atoms with van der Waals surface area (Å²) in [7, 11) is 0. The molecule has 1 aromatic heterocycles. The normalized spacial score (nSPS) is 12.6. The van der Waals surface area contributed by atoms with Gasteiger partial charge in [-0.25, -0.2) is 0 Å². The van der Waals surface area contributed by atoms with Crippen LogP contribution in [0.1, 0.15) is 17.2 Å². The third kappa shape index (κ3) is 2.64. The van der Waals surface area contributed by atoms with Crippen LogP contribution in [-0.2, 0) is 0 Å². The van der Waals surface area contributed by atoms with Crippen LogP contribution >= 0.6 is 31.9 Å². The van der Waals surface area contributed by atoms with Crippen molar-refractivity contribution >= 4 is 42.8 Å². The molecule has 3 rings (SSSR count). The van der Waals surface area contributed by atoms with Gasteiger partial charge in [0, 0.05) is 20.5 Å². The zero-order chi connectivity index (χ0) is 14.1. The number of fused-ring (bicyclic) bond motifs is 1. The van der Waals surface area contributed by atoms with Crippen LogP contribution in [0.4, 0.5) is 0 Å². The quantitative estimate of drug-likeness (QED) is 0.680. The Bertz CT molecular complexity index is 771. The predicted octanol–water partition coefficient (Wildman–Crippen LogP) is 4.81. The molecule has 0 aliphatic rings. The van der Waals surface area contributed by atoms with Crippen LogP contribution in [0.15, 0.2) is 63.7 Å². The third-order valence-electron chi connectivity index (χ3n) is 3.28. The molecule has 2 N–H and O–H groups in total. The fraction of sp³-hybridized carbons (Fsp3) is 0.0625. The van der Waals surface area contributed by atoms with Crippen molar-refractivity contribution in [2.45, 2.75) is 6.04 Å². The van der Waals surface area contributed by atoms with Crippen molar-refractivity contribution in [1.82, 2.24) is 4.98 Å². The molecule has 0 fully saturated rings. The number of hydrogen-bond acceptors (Lipinski definition) is 2. The lowest BCUT2D eigenvalue weighted by molar-refractivity contribution is 0.866. The molecule has 20 heavy (non-hydrogen) atoms. The van der Waals surface area contributed by atoms with E-state index in [2.05, 4.69) is 49.0 Å². The smallest absolute Gasteiger partial charge is 0.0702 e. The van der Waals surface area contributed by atoms with E-state index in [1.54, 1.807) is 6.20 Å². The molecule has 2 nitrogen and oxygen atoms in total. The van der Waals surface area contributed by atoms with Gasteiger partial charge in [-0.2, -0.15) is 0 Å². The summed E-state index contributed by atoms with van der Waals surface area (Å²) in [6.07, 6.45) is 1.80. The van der Waals surface area contributed by atoms with E-state index in [1.165, 1.54) is 0 Å². The van der Waals surface area contributed by atoms with Crippen molar-refractivity contribution in [3.05, 3.63) is 74.8 Å². The highest BCUT2D eigenvalue weighted by molar-refractivity contribution is 9.11. The molecule has 3 aromatic rings. The van der Waals surface area contributed by atoms with Crippen LogP contribution in [0, 0.1) is 0 Å². The van der Waals surface area contributed by atoms with Crippen molar-refractivity contribution < 1.29 is 0 Å². The van der Waals surface area contributed by atoms with E-state index >= 15 is 0 Å². The Hall–Kier alpha value is -1.23. The van der Waals surface area contributed by atoms with E-state index in [0.717, 1.165) is 31.0 Å². The molecular formula is C16H12Br2N2. The number of pyridine rings is 1. The highest BCUT2D eigenvalue weighted by Gasteiger charge is 2.13. The summed E-state index contributed by atoms with van der Waals surface area (Å²) in [4.78, 5) is 4.33. The summed E-state index contributed by atoms with van der Waals surface area (Å²) in [5.74, 6) is 0. The maximum atomic E-state index is 6.41. The summed E-state index contributed by atoms with van der Waals surface area (Å²) in [6.45, 7) is 0. The number of hydrogen-bond donors (Lipinski definition) is 1. The molecular weight excluding hydrogens is 380 g/mol. The summed E-state index contributed by atoms with van der Waals surface area (Å²) >= 11 is 7.06. The van der Waals surface area contributed by atoms with Gasteiger partial charge in [-0.15, -0.1) is 0 Å². The van der Waals surface area contributed by atoms with Gasteiger partial charge < -0.3 is 5.73 Å². The van der Waals surface area contributed by atoms with E-state index in [4.69, 9.17) is 5.73 Å². The lowest BCUT2D eigenvalue weighted by atomic mass is 9.98. The van der Waals surface area contributed by atoms with E-state index in [0.29, 0.717) is 0 Å². The zero-order valence-corrected chi connectivity index (χ0v) is 13.7. The van der Waals surface area contributed by atoms with Crippen molar-refractivity contribution in [2.24, 2.45) is 5.73 Å². The van der Waals surface area contributed by atoms with Gasteiger partial charge in [0.05, 0.1) is 11.6 Å². The van der Waals surface area contributed by atoms with Crippen molar-refractivity contribution in [1.29, 1.82) is 0 Å². The summed E-state index contributed by atoms with van der Waals surface area (Å²) in [6, 6.07) is 16.0. The second kappa shape index (κ2) is 5.64. The topological polar surface area (TPSA) is 38.9 Å². The molecule has 0 amide bonds. The van der Waals surface area contributed by atoms with Gasteiger partial charge in [-0.3, -0.25) is 4.98 Å². The molecule has 2 aromatic carbocycles. The molecule has 0 saturated carbocycles. The molecule has 0 bridgehead atoms. The Morgan fingerprint density at radius 2 is 1.85 bits per heavy atom. The molecule has 0 radical (unpaired) electrons. The van der Waals surface area contributed by atoms with Crippen LogP contribution < -0.4 is 5.73 Å². The van der Waals surface area contributed by atoms with Crippen LogP contribution in [-0.4, -0.2) is 4.98 Å².